The number of ketones is 1. The summed E-state index contributed by atoms with van der Waals surface area (Å²) in [6.07, 6.45) is 5.51. The van der Waals surface area contributed by atoms with E-state index in [0.29, 0.717) is 18.6 Å². The van der Waals surface area contributed by atoms with Crippen molar-refractivity contribution in [3.8, 4) is 0 Å². The number of likely N-dealkylation sites (N-methyl/N-ethyl adjacent to an activating group) is 1. The third kappa shape index (κ3) is 3.14. The first-order chi connectivity index (χ1) is 10.1. The monoisotopic (exact) mass is 293 g/mol. The van der Waals surface area contributed by atoms with E-state index in [1.54, 1.807) is 0 Å². The predicted molar refractivity (Wildman–Crippen MR) is 81.1 cm³/mol. The normalized spacial score (nSPS) is 26.9. The van der Waals surface area contributed by atoms with Gasteiger partial charge in [-0.25, -0.2) is 0 Å². The van der Waals surface area contributed by atoms with Crippen LogP contribution >= 0.6 is 0 Å². The lowest BCUT2D eigenvalue weighted by molar-refractivity contribution is -0.135. The maximum absolute atomic E-state index is 12.3. The van der Waals surface area contributed by atoms with E-state index >= 15 is 0 Å². The maximum Gasteiger partial charge on any atom is 0.223 e. The molecule has 21 heavy (non-hydrogen) atoms. The van der Waals surface area contributed by atoms with E-state index in [1.165, 1.54) is 6.42 Å². The zero-order valence-electron chi connectivity index (χ0n) is 13.1. The van der Waals surface area contributed by atoms with E-state index in [-0.39, 0.29) is 11.4 Å². The Bertz CT molecular complexity index is 412. The molecule has 0 N–H and O–H groups in total. The highest BCUT2D eigenvalue weighted by Gasteiger charge is 2.46. The van der Waals surface area contributed by atoms with Gasteiger partial charge in [-0.05, 0) is 26.3 Å². The van der Waals surface area contributed by atoms with Gasteiger partial charge in [0.15, 0.2) is 0 Å². The van der Waals surface area contributed by atoms with E-state index in [2.05, 4.69) is 16.8 Å². The van der Waals surface area contributed by atoms with Crippen LogP contribution in [0.5, 0.6) is 0 Å². The standard InChI is InChI=1S/C16H27N3O2/c1-17-9-11-18(12-10-17)15(21)4-8-19-7-3-14(20)13-16(19)5-2-6-16/h2-13H2,1H3. The van der Waals surface area contributed by atoms with Gasteiger partial charge in [0.05, 0.1) is 0 Å². The van der Waals surface area contributed by atoms with E-state index < -0.39 is 0 Å². The van der Waals surface area contributed by atoms with Crippen LogP contribution in [-0.2, 0) is 9.59 Å². The molecule has 0 atom stereocenters. The number of nitrogens with zero attached hydrogens (tertiary/aromatic N) is 3. The highest BCUT2D eigenvalue weighted by molar-refractivity contribution is 5.81. The van der Waals surface area contributed by atoms with Crippen LogP contribution in [0, 0.1) is 0 Å². The van der Waals surface area contributed by atoms with Crippen molar-refractivity contribution in [1.29, 1.82) is 0 Å². The fraction of sp³-hybridized carbons (Fsp3) is 0.875. The van der Waals surface area contributed by atoms with E-state index in [9.17, 15) is 9.59 Å². The average Bonchev–Trinajstić information content (AvgIpc) is 2.44. The summed E-state index contributed by atoms with van der Waals surface area (Å²) in [5.41, 5.74) is 0.123. The molecule has 0 aromatic carbocycles. The Hall–Kier alpha value is -0.940. The number of piperazine rings is 1. The topological polar surface area (TPSA) is 43.9 Å². The smallest absolute Gasteiger partial charge is 0.223 e. The number of hydrogen-bond donors (Lipinski definition) is 0. The molecule has 1 saturated carbocycles. The molecule has 5 nitrogen and oxygen atoms in total. The zero-order valence-corrected chi connectivity index (χ0v) is 13.1. The van der Waals surface area contributed by atoms with Gasteiger partial charge in [0.2, 0.25) is 5.91 Å². The molecular formula is C16H27N3O2. The first kappa shape index (κ1) is 15.0. The van der Waals surface area contributed by atoms with E-state index in [0.717, 1.165) is 58.5 Å². The van der Waals surface area contributed by atoms with Crippen molar-refractivity contribution in [2.24, 2.45) is 0 Å². The van der Waals surface area contributed by atoms with Gasteiger partial charge in [0.25, 0.3) is 0 Å². The number of hydrogen-bond acceptors (Lipinski definition) is 4. The summed E-state index contributed by atoms with van der Waals surface area (Å²) >= 11 is 0. The van der Waals surface area contributed by atoms with Gasteiger partial charge >= 0.3 is 0 Å². The van der Waals surface area contributed by atoms with Crippen molar-refractivity contribution in [1.82, 2.24) is 14.7 Å². The van der Waals surface area contributed by atoms with Crippen LogP contribution in [0.3, 0.4) is 0 Å². The van der Waals surface area contributed by atoms with Gasteiger partial charge in [0, 0.05) is 64.1 Å². The molecule has 5 heteroatoms. The molecule has 0 radical (unpaired) electrons. The largest absolute Gasteiger partial charge is 0.340 e. The second-order valence-corrected chi connectivity index (χ2v) is 6.96. The molecular weight excluding hydrogens is 266 g/mol. The minimum absolute atomic E-state index is 0.123. The molecule has 1 aliphatic carbocycles. The van der Waals surface area contributed by atoms with Gasteiger partial charge in [-0.1, -0.05) is 0 Å². The molecule has 0 bridgehead atoms. The van der Waals surface area contributed by atoms with Gasteiger partial charge in [-0.3, -0.25) is 14.5 Å². The van der Waals surface area contributed by atoms with Gasteiger partial charge in [0.1, 0.15) is 5.78 Å². The molecule has 0 aromatic heterocycles. The van der Waals surface area contributed by atoms with Crippen LogP contribution in [0.15, 0.2) is 0 Å². The molecule has 2 saturated heterocycles. The Labute approximate surface area is 127 Å². The molecule has 3 fully saturated rings. The van der Waals surface area contributed by atoms with Gasteiger partial charge < -0.3 is 9.80 Å². The number of carbonyl (C=O) groups is 2. The number of rotatable bonds is 3. The average molecular weight is 293 g/mol. The van der Waals surface area contributed by atoms with Crippen LogP contribution in [0.2, 0.25) is 0 Å². The second-order valence-electron chi connectivity index (χ2n) is 6.96. The highest BCUT2D eigenvalue weighted by atomic mass is 16.2. The van der Waals surface area contributed by atoms with E-state index in [1.807, 2.05) is 4.90 Å². The molecule has 1 spiro atoms. The Morgan fingerprint density at radius 3 is 2.48 bits per heavy atom. The maximum atomic E-state index is 12.3. The van der Waals surface area contributed by atoms with Gasteiger partial charge in [-0.15, -0.1) is 0 Å². The minimum Gasteiger partial charge on any atom is -0.340 e. The molecule has 2 aliphatic heterocycles. The van der Waals surface area contributed by atoms with Crippen LogP contribution in [0.1, 0.15) is 38.5 Å². The summed E-state index contributed by atoms with van der Waals surface area (Å²) in [6.45, 7) is 5.37. The van der Waals surface area contributed by atoms with Crippen molar-refractivity contribution < 1.29 is 9.59 Å². The number of carbonyl (C=O) groups excluding carboxylic acids is 2. The molecule has 0 aromatic rings. The molecule has 2 heterocycles. The number of likely N-dealkylation sites (tertiary alicyclic amines) is 1. The Morgan fingerprint density at radius 2 is 1.86 bits per heavy atom. The summed E-state index contributed by atoms with van der Waals surface area (Å²) in [6, 6.07) is 0. The van der Waals surface area contributed by atoms with Crippen LogP contribution in [0.4, 0.5) is 0 Å². The quantitative estimate of drug-likeness (QED) is 0.770. The molecule has 0 unspecified atom stereocenters. The van der Waals surface area contributed by atoms with Crippen LogP contribution in [-0.4, -0.2) is 78.2 Å². The van der Waals surface area contributed by atoms with Crippen LogP contribution < -0.4 is 0 Å². The van der Waals surface area contributed by atoms with Crippen molar-refractivity contribution in [2.75, 3.05) is 46.3 Å². The summed E-state index contributed by atoms with van der Waals surface area (Å²) in [4.78, 5) is 30.8. The Balaban J connectivity index is 1.50. The molecule has 3 aliphatic rings. The third-order valence-electron chi connectivity index (χ3n) is 5.59. The molecule has 118 valence electrons. The lowest BCUT2D eigenvalue weighted by atomic mass is 9.69. The lowest BCUT2D eigenvalue weighted by Gasteiger charge is -2.52. The van der Waals surface area contributed by atoms with Crippen LogP contribution in [0.25, 0.3) is 0 Å². The number of piperidine rings is 1. The first-order valence-corrected chi connectivity index (χ1v) is 8.32. The molecule has 3 rings (SSSR count). The summed E-state index contributed by atoms with van der Waals surface area (Å²) < 4.78 is 0. The molecule has 1 amide bonds. The summed E-state index contributed by atoms with van der Waals surface area (Å²) in [5.74, 6) is 0.700. The van der Waals surface area contributed by atoms with Crippen molar-refractivity contribution in [2.45, 2.75) is 44.1 Å². The second kappa shape index (κ2) is 6.05. The van der Waals surface area contributed by atoms with Gasteiger partial charge in [-0.2, -0.15) is 0 Å². The minimum atomic E-state index is 0.123. The van der Waals surface area contributed by atoms with E-state index in [4.69, 9.17) is 0 Å². The lowest BCUT2D eigenvalue weighted by Crippen LogP contribution is -2.59. The fourth-order valence-electron chi connectivity index (χ4n) is 3.94. The third-order valence-corrected chi connectivity index (χ3v) is 5.59. The zero-order chi connectivity index (χ0) is 14.9. The first-order valence-electron chi connectivity index (χ1n) is 8.32. The highest BCUT2D eigenvalue weighted by Crippen LogP contribution is 2.43. The summed E-state index contributed by atoms with van der Waals surface area (Å²) in [7, 11) is 2.10. The Morgan fingerprint density at radius 1 is 1.14 bits per heavy atom. The van der Waals surface area contributed by atoms with Crippen molar-refractivity contribution in [3.63, 3.8) is 0 Å². The number of Topliss-reactive ketones (excluding diaryl/α,β-unsaturated/α-hetero) is 1. The fourth-order valence-corrected chi connectivity index (χ4v) is 3.94. The SMILES string of the molecule is CN1CCN(C(=O)CCN2CCC(=O)CC23CCC3)CC1. The Kier molecular flexibility index (Phi) is 4.31. The van der Waals surface area contributed by atoms with Crippen molar-refractivity contribution >= 4 is 11.7 Å². The predicted octanol–water partition coefficient (Wildman–Crippen LogP) is 0.738. The summed E-state index contributed by atoms with van der Waals surface area (Å²) in [5, 5.41) is 0. The van der Waals surface area contributed by atoms with Crippen molar-refractivity contribution in [3.05, 3.63) is 0 Å². The number of amides is 1.